The van der Waals surface area contributed by atoms with E-state index in [2.05, 4.69) is 4.98 Å². The number of carbonyl (C=O) groups excluding carboxylic acids is 1. The molecule has 3 aromatic rings. The summed E-state index contributed by atoms with van der Waals surface area (Å²) in [6, 6.07) is 9.12. The Morgan fingerprint density at radius 2 is 1.63 bits per heavy atom. The molecule has 0 amide bonds. The van der Waals surface area contributed by atoms with E-state index < -0.39 is 23.7 Å². The van der Waals surface area contributed by atoms with E-state index in [-0.39, 0.29) is 41.2 Å². The molecule has 0 saturated carbocycles. The lowest BCUT2D eigenvalue weighted by Crippen LogP contribution is -2.09. The number of halogens is 2. The molecule has 188 valence electrons. The molecular formula is C26H29F2NO6. The molecule has 1 atom stereocenters. The SMILES string of the molecule is COC(=O)c1c[nH]c(C(O)c2ccc(CCOCCOCCO)cc2)c1-c1c(F)ccc(F)c1C. The molecule has 7 nitrogen and oxygen atoms in total. The van der Waals surface area contributed by atoms with E-state index in [1.54, 1.807) is 12.1 Å². The number of hydrogen-bond acceptors (Lipinski definition) is 6. The van der Waals surface area contributed by atoms with E-state index in [0.717, 1.165) is 17.7 Å². The van der Waals surface area contributed by atoms with Crippen molar-refractivity contribution < 1.29 is 38.0 Å². The Morgan fingerprint density at radius 1 is 0.971 bits per heavy atom. The van der Waals surface area contributed by atoms with Crippen LogP contribution >= 0.6 is 0 Å². The second kappa shape index (κ2) is 12.6. The standard InChI is InChI=1S/C26H29F2NO6/c1-16-20(27)7-8-21(28)22(16)23-19(26(32)33-2)15-29-24(23)25(31)18-5-3-17(4-6-18)9-11-34-13-14-35-12-10-30/h3-8,15,25,29-31H,9-14H2,1-2H3. The second-order valence-electron chi connectivity index (χ2n) is 7.85. The maximum Gasteiger partial charge on any atom is 0.340 e. The first kappa shape index (κ1) is 26.5. The molecule has 0 fully saturated rings. The lowest BCUT2D eigenvalue weighted by atomic mass is 9.92. The quantitative estimate of drug-likeness (QED) is 0.265. The number of H-pyrrole nitrogens is 1. The predicted molar refractivity (Wildman–Crippen MR) is 125 cm³/mol. The summed E-state index contributed by atoms with van der Waals surface area (Å²) in [6.07, 6.45) is 0.725. The first-order chi connectivity index (χ1) is 16.9. The first-order valence-electron chi connectivity index (χ1n) is 11.2. The number of methoxy groups -OCH3 is 1. The van der Waals surface area contributed by atoms with Crippen LogP contribution in [0, 0.1) is 18.6 Å². The number of aliphatic hydroxyl groups excluding tert-OH is 2. The van der Waals surface area contributed by atoms with Gasteiger partial charge in [0.1, 0.15) is 17.7 Å². The Balaban J connectivity index is 1.81. The van der Waals surface area contributed by atoms with Gasteiger partial charge < -0.3 is 29.4 Å². The molecule has 1 aromatic heterocycles. The summed E-state index contributed by atoms with van der Waals surface area (Å²) in [5, 5.41) is 19.8. The summed E-state index contributed by atoms with van der Waals surface area (Å²) in [5.41, 5.74) is 1.58. The number of esters is 1. The van der Waals surface area contributed by atoms with Gasteiger partial charge in [-0.25, -0.2) is 13.6 Å². The summed E-state index contributed by atoms with van der Waals surface area (Å²) in [6.45, 7) is 2.97. The van der Waals surface area contributed by atoms with Crippen LogP contribution in [-0.4, -0.2) is 61.3 Å². The average molecular weight is 490 g/mol. The summed E-state index contributed by atoms with van der Waals surface area (Å²) >= 11 is 0. The molecule has 0 aliphatic heterocycles. The number of aliphatic hydroxyl groups is 2. The smallest absolute Gasteiger partial charge is 0.340 e. The highest BCUT2D eigenvalue weighted by Gasteiger charge is 2.28. The van der Waals surface area contributed by atoms with Gasteiger partial charge in [0.05, 0.1) is 51.4 Å². The minimum absolute atomic E-state index is 0.00844. The van der Waals surface area contributed by atoms with Crippen LogP contribution in [0.2, 0.25) is 0 Å². The van der Waals surface area contributed by atoms with Gasteiger partial charge in [-0.2, -0.15) is 0 Å². The van der Waals surface area contributed by atoms with Crippen LogP contribution in [0.1, 0.15) is 38.8 Å². The second-order valence-corrected chi connectivity index (χ2v) is 7.85. The minimum atomic E-state index is -1.24. The van der Waals surface area contributed by atoms with Crippen LogP contribution in [0.4, 0.5) is 8.78 Å². The molecule has 3 rings (SSSR count). The van der Waals surface area contributed by atoms with E-state index in [1.165, 1.54) is 20.2 Å². The van der Waals surface area contributed by atoms with Gasteiger partial charge in [-0.15, -0.1) is 0 Å². The lowest BCUT2D eigenvalue weighted by Gasteiger charge is -2.16. The van der Waals surface area contributed by atoms with Gasteiger partial charge in [0, 0.05) is 17.3 Å². The Hall–Kier alpha value is -3.11. The molecule has 35 heavy (non-hydrogen) atoms. The number of hydrogen-bond donors (Lipinski definition) is 3. The zero-order valence-corrected chi connectivity index (χ0v) is 19.6. The van der Waals surface area contributed by atoms with Gasteiger partial charge in [0.15, 0.2) is 0 Å². The minimum Gasteiger partial charge on any atom is -0.465 e. The highest BCUT2D eigenvalue weighted by molar-refractivity contribution is 5.98. The maximum atomic E-state index is 14.8. The molecule has 9 heteroatoms. The monoisotopic (exact) mass is 489 g/mol. The molecule has 0 bridgehead atoms. The number of nitrogens with one attached hydrogen (secondary N) is 1. The fraction of sp³-hybridized carbons (Fsp3) is 0.346. The molecule has 1 heterocycles. The van der Waals surface area contributed by atoms with Crippen LogP contribution in [-0.2, 0) is 20.6 Å². The number of aromatic nitrogens is 1. The van der Waals surface area contributed by atoms with Crippen molar-refractivity contribution in [1.29, 1.82) is 0 Å². The van der Waals surface area contributed by atoms with Crippen molar-refractivity contribution in [3.63, 3.8) is 0 Å². The predicted octanol–water partition coefficient (Wildman–Crippen LogP) is 3.70. The van der Waals surface area contributed by atoms with E-state index in [9.17, 15) is 18.7 Å². The topological polar surface area (TPSA) is 101 Å². The van der Waals surface area contributed by atoms with Crippen molar-refractivity contribution in [3.8, 4) is 11.1 Å². The van der Waals surface area contributed by atoms with Crippen LogP contribution in [0.3, 0.4) is 0 Å². The molecule has 0 aliphatic rings. The van der Waals surface area contributed by atoms with Gasteiger partial charge in [-0.1, -0.05) is 24.3 Å². The fourth-order valence-electron chi connectivity index (χ4n) is 3.77. The van der Waals surface area contributed by atoms with Gasteiger partial charge in [0.2, 0.25) is 0 Å². The van der Waals surface area contributed by atoms with Crippen LogP contribution in [0.25, 0.3) is 11.1 Å². The van der Waals surface area contributed by atoms with E-state index in [4.69, 9.17) is 19.3 Å². The largest absolute Gasteiger partial charge is 0.465 e. The summed E-state index contributed by atoms with van der Waals surface area (Å²) in [4.78, 5) is 15.2. The van der Waals surface area contributed by atoms with Gasteiger partial charge in [0.25, 0.3) is 0 Å². The van der Waals surface area contributed by atoms with Crippen LogP contribution in [0.15, 0.2) is 42.6 Å². The van der Waals surface area contributed by atoms with Crippen molar-refractivity contribution in [3.05, 3.63) is 82.2 Å². The van der Waals surface area contributed by atoms with Crippen molar-refractivity contribution >= 4 is 5.97 Å². The third-order valence-corrected chi connectivity index (χ3v) is 5.63. The molecule has 3 N–H and O–H groups in total. The molecule has 1 unspecified atom stereocenters. The number of ether oxygens (including phenoxy) is 3. The maximum absolute atomic E-state index is 14.8. The van der Waals surface area contributed by atoms with Crippen molar-refractivity contribution in [2.24, 2.45) is 0 Å². The van der Waals surface area contributed by atoms with Gasteiger partial charge >= 0.3 is 5.97 Å². The molecule has 0 spiro atoms. The molecule has 0 aliphatic carbocycles. The highest BCUT2D eigenvalue weighted by atomic mass is 19.1. The Bertz CT molecular complexity index is 1130. The Kier molecular flexibility index (Phi) is 9.50. The molecular weight excluding hydrogens is 460 g/mol. The normalized spacial score (nSPS) is 12.1. The number of aromatic amines is 1. The van der Waals surface area contributed by atoms with Crippen LogP contribution < -0.4 is 0 Å². The van der Waals surface area contributed by atoms with Crippen molar-refractivity contribution in [1.82, 2.24) is 4.98 Å². The zero-order chi connectivity index (χ0) is 25.4. The van der Waals surface area contributed by atoms with Crippen molar-refractivity contribution in [2.75, 3.05) is 40.1 Å². The van der Waals surface area contributed by atoms with Gasteiger partial charge in [-0.05, 0) is 42.2 Å². The third-order valence-electron chi connectivity index (χ3n) is 5.63. The third kappa shape index (κ3) is 6.32. The van der Waals surface area contributed by atoms with Crippen LogP contribution in [0.5, 0.6) is 0 Å². The summed E-state index contributed by atoms with van der Waals surface area (Å²) in [7, 11) is 1.19. The Morgan fingerprint density at radius 3 is 2.29 bits per heavy atom. The Labute approximate surface area is 202 Å². The van der Waals surface area contributed by atoms with E-state index in [0.29, 0.717) is 31.8 Å². The molecule has 0 saturated heterocycles. The molecule has 0 radical (unpaired) electrons. The number of rotatable bonds is 12. The average Bonchev–Trinajstić information content (AvgIpc) is 3.30. The summed E-state index contributed by atoms with van der Waals surface area (Å²) in [5.74, 6) is -2.10. The number of carbonyl (C=O) groups is 1. The zero-order valence-electron chi connectivity index (χ0n) is 19.6. The lowest BCUT2D eigenvalue weighted by molar-refractivity contribution is 0.0340. The highest BCUT2D eigenvalue weighted by Crippen LogP contribution is 2.38. The van der Waals surface area contributed by atoms with Crippen molar-refractivity contribution in [2.45, 2.75) is 19.4 Å². The van der Waals surface area contributed by atoms with E-state index >= 15 is 0 Å². The summed E-state index contributed by atoms with van der Waals surface area (Å²) < 4.78 is 44.5. The number of benzene rings is 2. The first-order valence-corrected chi connectivity index (χ1v) is 11.2. The van der Waals surface area contributed by atoms with E-state index in [1.807, 2.05) is 12.1 Å². The fourth-order valence-corrected chi connectivity index (χ4v) is 3.77. The van der Waals surface area contributed by atoms with Gasteiger partial charge in [-0.3, -0.25) is 0 Å². The molecule has 2 aromatic carbocycles.